The molecule has 0 N–H and O–H groups in total. The molecule has 2 heterocycles. The largest absolute Gasteiger partial charge is 0.405 e. The highest BCUT2D eigenvalue weighted by atomic mass is 19.4. The first-order chi connectivity index (χ1) is 17.0. The minimum absolute atomic E-state index is 0.0436. The lowest BCUT2D eigenvalue weighted by Gasteiger charge is -2.25. The maximum atomic E-state index is 15.0. The zero-order valence-electron chi connectivity index (χ0n) is 18.5. The van der Waals surface area contributed by atoms with Gasteiger partial charge in [-0.25, -0.2) is 27.2 Å². The Morgan fingerprint density at radius 2 is 1.89 bits per heavy atom. The lowest BCUT2D eigenvalue weighted by molar-refractivity contribution is -0.168. The van der Waals surface area contributed by atoms with Crippen LogP contribution in [0.4, 0.5) is 42.2 Å². The van der Waals surface area contributed by atoms with Gasteiger partial charge in [0.25, 0.3) is 6.43 Å². The summed E-state index contributed by atoms with van der Waals surface area (Å²) < 4.78 is 98.0. The third-order valence-corrected chi connectivity index (χ3v) is 6.02. The highest BCUT2D eigenvalue weighted by Crippen LogP contribution is 2.57. The average Bonchev–Trinajstić information content (AvgIpc) is 3.52. The lowest BCUT2D eigenvalue weighted by atomic mass is 10.1. The molecule has 12 heteroatoms. The van der Waals surface area contributed by atoms with Gasteiger partial charge in [-0.2, -0.15) is 13.2 Å². The van der Waals surface area contributed by atoms with Crippen LogP contribution in [0.5, 0.6) is 0 Å². The summed E-state index contributed by atoms with van der Waals surface area (Å²) in [6.07, 6.45) is -7.83. The molecule has 36 heavy (non-hydrogen) atoms. The average molecular weight is 507 g/mol. The molecule has 2 aromatic carbocycles. The third-order valence-electron chi connectivity index (χ3n) is 6.02. The van der Waals surface area contributed by atoms with Crippen molar-refractivity contribution < 1.29 is 30.7 Å². The van der Waals surface area contributed by atoms with Crippen molar-refractivity contribution >= 4 is 33.4 Å². The van der Waals surface area contributed by atoms with Crippen LogP contribution >= 0.6 is 0 Å². The molecule has 0 atom stereocenters. The molecule has 1 aliphatic rings. The fraction of sp³-hybridized carbons (Fsp3) is 0.292. The molecule has 5 rings (SSSR count). The number of alkyl halides is 5. The van der Waals surface area contributed by atoms with Crippen molar-refractivity contribution in [1.29, 1.82) is 0 Å². The minimum Gasteiger partial charge on any atom is -0.320 e. The molecular formula is C24H16F7N5. The number of fused-ring (bicyclic) bond motifs is 3. The molecule has 0 aliphatic heterocycles. The van der Waals surface area contributed by atoms with E-state index in [0.717, 1.165) is 23.1 Å². The molecule has 0 bridgehead atoms. The maximum absolute atomic E-state index is 15.0. The Hall–Kier alpha value is -3.88. The van der Waals surface area contributed by atoms with Crippen LogP contribution in [0.25, 0.3) is 21.9 Å². The van der Waals surface area contributed by atoms with Gasteiger partial charge >= 0.3 is 6.18 Å². The number of halogens is 7. The van der Waals surface area contributed by atoms with E-state index in [1.165, 1.54) is 16.8 Å². The number of hydrogen-bond donors (Lipinski definition) is 0. The van der Waals surface area contributed by atoms with Gasteiger partial charge in [-0.1, -0.05) is 29.2 Å². The summed E-state index contributed by atoms with van der Waals surface area (Å²) in [5.74, 6) is 2.54. The Balaban J connectivity index is 1.70. The van der Waals surface area contributed by atoms with Gasteiger partial charge in [-0.3, -0.25) is 0 Å². The maximum Gasteiger partial charge on any atom is 0.405 e. The van der Waals surface area contributed by atoms with Crippen molar-refractivity contribution in [3.8, 4) is 11.8 Å². The van der Waals surface area contributed by atoms with Crippen LogP contribution in [0.1, 0.15) is 18.4 Å². The first-order valence-corrected chi connectivity index (χ1v) is 10.7. The quantitative estimate of drug-likeness (QED) is 0.255. The van der Waals surface area contributed by atoms with Gasteiger partial charge in [0.05, 0.1) is 11.9 Å². The smallest absolute Gasteiger partial charge is 0.320 e. The molecule has 1 saturated carbocycles. The summed E-state index contributed by atoms with van der Waals surface area (Å²) in [4.78, 5) is 5.15. The number of anilines is 2. The van der Waals surface area contributed by atoms with E-state index in [4.69, 9.17) is 0 Å². The summed E-state index contributed by atoms with van der Waals surface area (Å²) >= 11 is 0. The molecule has 0 unspecified atom stereocenters. The molecular weight excluding hydrogens is 491 g/mol. The number of pyridine rings is 1. The predicted octanol–water partition coefficient (Wildman–Crippen LogP) is 5.89. The van der Waals surface area contributed by atoms with Crippen molar-refractivity contribution in [2.45, 2.75) is 25.4 Å². The van der Waals surface area contributed by atoms with Crippen LogP contribution in [-0.4, -0.2) is 39.1 Å². The van der Waals surface area contributed by atoms with Gasteiger partial charge in [0, 0.05) is 23.7 Å². The molecule has 2 aromatic heterocycles. The summed E-state index contributed by atoms with van der Waals surface area (Å²) in [5.41, 5.74) is -2.08. The number of aryl methyl sites for hydroxylation is 1. The second kappa shape index (κ2) is 8.36. The molecule has 1 fully saturated rings. The van der Waals surface area contributed by atoms with Crippen molar-refractivity contribution in [2.24, 2.45) is 12.5 Å². The summed E-state index contributed by atoms with van der Waals surface area (Å²) in [7, 11) is 1.56. The first-order valence-electron chi connectivity index (χ1n) is 10.7. The summed E-state index contributed by atoms with van der Waals surface area (Å²) in [6.45, 7) is -1.01. The second-order valence-corrected chi connectivity index (χ2v) is 8.51. The number of nitrogens with zero attached hydrogens (tertiary/aromatic N) is 5. The first kappa shape index (κ1) is 23.8. The third kappa shape index (κ3) is 4.08. The Kier molecular flexibility index (Phi) is 5.54. The molecule has 0 radical (unpaired) electrons. The number of benzene rings is 2. The molecule has 5 nitrogen and oxygen atoms in total. The standard InChI is InChI=1S/C24H16F7N5/c1-35-20-16-3-2-4-17(26)19(16)22(32-21(20)33-34-35)36(12-18(27)28)15-10-13(9-14(25)11-15)5-6-23(7-8-23)24(29,30)31/h2-4,9-11,18H,7-8,12H2,1H3. The molecule has 1 aliphatic carbocycles. The Labute approximate surface area is 199 Å². The van der Waals surface area contributed by atoms with Crippen molar-refractivity contribution in [3.05, 3.63) is 53.6 Å². The fourth-order valence-electron chi connectivity index (χ4n) is 4.07. The van der Waals surface area contributed by atoms with Crippen LogP contribution in [0, 0.1) is 28.9 Å². The van der Waals surface area contributed by atoms with Crippen molar-refractivity contribution in [1.82, 2.24) is 20.0 Å². The van der Waals surface area contributed by atoms with E-state index < -0.39 is 36.2 Å². The number of hydrogen-bond acceptors (Lipinski definition) is 4. The van der Waals surface area contributed by atoms with E-state index in [2.05, 4.69) is 27.1 Å². The molecule has 4 aromatic rings. The second-order valence-electron chi connectivity index (χ2n) is 8.51. The van der Waals surface area contributed by atoms with E-state index in [1.54, 1.807) is 13.1 Å². The number of aromatic nitrogens is 4. The van der Waals surface area contributed by atoms with Gasteiger partial charge < -0.3 is 4.90 Å². The fourth-order valence-corrected chi connectivity index (χ4v) is 4.07. The normalized spacial score (nSPS) is 14.8. The van der Waals surface area contributed by atoms with Gasteiger partial charge in [0.15, 0.2) is 0 Å². The zero-order valence-corrected chi connectivity index (χ0v) is 18.5. The highest BCUT2D eigenvalue weighted by Gasteiger charge is 2.62. The molecule has 0 spiro atoms. The van der Waals surface area contributed by atoms with Gasteiger partial charge in [-0.05, 0) is 37.1 Å². The van der Waals surface area contributed by atoms with E-state index in [0.29, 0.717) is 10.9 Å². The van der Waals surface area contributed by atoms with Crippen LogP contribution in [0.15, 0.2) is 36.4 Å². The van der Waals surface area contributed by atoms with E-state index >= 15 is 4.39 Å². The SMILES string of the molecule is Cn1nnc2nc(N(CC(F)F)c3cc(F)cc(C#CC4(C(F)(F)F)CC4)c3)c3c(F)cccc3c21. The van der Waals surface area contributed by atoms with E-state index in [-0.39, 0.29) is 40.9 Å². The lowest BCUT2D eigenvalue weighted by Crippen LogP contribution is -2.25. The van der Waals surface area contributed by atoms with E-state index in [9.17, 15) is 26.3 Å². The van der Waals surface area contributed by atoms with Gasteiger partial charge in [0.1, 0.15) is 28.4 Å². The van der Waals surface area contributed by atoms with Gasteiger partial charge in [0.2, 0.25) is 5.65 Å². The summed E-state index contributed by atoms with van der Waals surface area (Å²) in [5, 5.41) is 7.92. The topological polar surface area (TPSA) is 46.8 Å². The minimum atomic E-state index is -4.54. The highest BCUT2D eigenvalue weighted by molar-refractivity contribution is 6.08. The molecule has 0 amide bonds. The van der Waals surface area contributed by atoms with Crippen LogP contribution in [0.2, 0.25) is 0 Å². The summed E-state index contributed by atoms with van der Waals surface area (Å²) in [6, 6.07) is 7.07. The Morgan fingerprint density at radius 1 is 1.14 bits per heavy atom. The van der Waals surface area contributed by atoms with E-state index in [1.807, 2.05) is 0 Å². The predicted molar refractivity (Wildman–Crippen MR) is 118 cm³/mol. The van der Waals surface area contributed by atoms with Gasteiger partial charge in [-0.15, -0.1) is 5.10 Å². The van der Waals surface area contributed by atoms with Crippen LogP contribution in [0.3, 0.4) is 0 Å². The molecule has 0 saturated heterocycles. The van der Waals surface area contributed by atoms with Crippen LogP contribution < -0.4 is 4.90 Å². The molecule has 186 valence electrons. The Morgan fingerprint density at radius 3 is 2.56 bits per heavy atom. The monoisotopic (exact) mass is 507 g/mol. The Bertz CT molecular complexity index is 1540. The van der Waals surface area contributed by atoms with Crippen molar-refractivity contribution in [2.75, 3.05) is 11.4 Å². The number of rotatable bonds is 4. The van der Waals surface area contributed by atoms with Crippen molar-refractivity contribution in [3.63, 3.8) is 0 Å². The van der Waals surface area contributed by atoms with Crippen LogP contribution in [-0.2, 0) is 7.05 Å². The zero-order chi connectivity index (χ0) is 25.8.